The molecule has 7 heteroatoms. The second-order valence-electron chi connectivity index (χ2n) is 7.45. The van der Waals surface area contributed by atoms with Gasteiger partial charge < -0.3 is 20.7 Å². The van der Waals surface area contributed by atoms with Crippen LogP contribution in [0.2, 0.25) is 0 Å². The number of carbonyl (C=O) groups is 1. The lowest BCUT2D eigenvalue weighted by atomic mass is 10.0. The Labute approximate surface area is 181 Å². The number of para-hydroxylation sites is 1. The van der Waals surface area contributed by atoms with Crippen LogP contribution in [0.15, 0.2) is 82.8 Å². The van der Waals surface area contributed by atoms with Crippen LogP contribution in [0.1, 0.15) is 12.0 Å². The highest BCUT2D eigenvalue weighted by Gasteiger charge is 2.33. The SMILES string of the molecule is C=CC(=O)N1CCC1C[NH2+]C1N=CN=CC1=C(N)c1ccc(Oc2ccccc2)cc1. The highest BCUT2D eigenvalue weighted by molar-refractivity contribution is 5.96. The van der Waals surface area contributed by atoms with E-state index in [-0.39, 0.29) is 18.1 Å². The summed E-state index contributed by atoms with van der Waals surface area (Å²) in [5.74, 6) is 1.50. The standard InChI is InChI=1S/C24H25N5O2/c1-2-22(30)29-13-12-18(29)14-27-24-21(15-26-16-28-24)23(25)17-8-10-20(11-9-17)31-19-6-4-3-5-7-19/h2-11,15-16,18,24,27H,1,12-14,25H2/p+1. The van der Waals surface area contributed by atoms with E-state index in [1.165, 1.54) is 6.08 Å². The van der Waals surface area contributed by atoms with Gasteiger partial charge in [-0.25, -0.2) is 9.98 Å². The fourth-order valence-electron chi connectivity index (χ4n) is 3.67. The zero-order valence-electron chi connectivity index (χ0n) is 17.2. The van der Waals surface area contributed by atoms with Gasteiger partial charge in [0.15, 0.2) is 0 Å². The molecule has 0 aliphatic carbocycles. The Hall–Kier alpha value is -3.71. The highest BCUT2D eigenvalue weighted by Crippen LogP contribution is 2.24. The molecule has 0 bridgehead atoms. The van der Waals surface area contributed by atoms with Crippen molar-refractivity contribution in [1.29, 1.82) is 0 Å². The molecular formula is C24H26N5O2+. The molecule has 4 rings (SSSR count). The van der Waals surface area contributed by atoms with Crippen molar-refractivity contribution in [3.8, 4) is 11.5 Å². The molecule has 31 heavy (non-hydrogen) atoms. The fourth-order valence-corrected chi connectivity index (χ4v) is 3.67. The molecule has 2 aromatic rings. The molecule has 2 aliphatic heterocycles. The molecule has 2 unspecified atom stereocenters. The van der Waals surface area contributed by atoms with Crippen molar-refractivity contribution in [3.63, 3.8) is 0 Å². The molecule has 1 amide bonds. The maximum atomic E-state index is 11.9. The molecule has 1 saturated heterocycles. The Morgan fingerprint density at radius 3 is 2.61 bits per heavy atom. The van der Waals surface area contributed by atoms with Crippen molar-refractivity contribution in [3.05, 3.63) is 78.4 Å². The summed E-state index contributed by atoms with van der Waals surface area (Å²) in [4.78, 5) is 22.4. The minimum absolute atomic E-state index is 0.0218. The van der Waals surface area contributed by atoms with Crippen LogP contribution in [-0.2, 0) is 4.79 Å². The van der Waals surface area contributed by atoms with Gasteiger partial charge in [0.1, 0.15) is 17.8 Å². The third-order valence-corrected chi connectivity index (χ3v) is 5.51. The van der Waals surface area contributed by atoms with E-state index < -0.39 is 0 Å². The topological polar surface area (TPSA) is 96.9 Å². The first-order valence-corrected chi connectivity index (χ1v) is 10.3. The van der Waals surface area contributed by atoms with E-state index in [1.54, 1.807) is 12.6 Å². The monoisotopic (exact) mass is 416 g/mol. The van der Waals surface area contributed by atoms with Crippen molar-refractivity contribution in [2.45, 2.75) is 18.6 Å². The fraction of sp³-hybridized carbons (Fsp3) is 0.208. The third-order valence-electron chi connectivity index (χ3n) is 5.51. The molecule has 0 spiro atoms. The van der Waals surface area contributed by atoms with Crippen LogP contribution in [-0.4, -0.2) is 48.7 Å². The summed E-state index contributed by atoms with van der Waals surface area (Å²) in [6, 6.07) is 17.5. The van der Waals surface area contributed by atoms with Crippen LogP contribution in [0, 0.1) is 0 Å². The van der Waals surface area contributed by atoms with Crippen molar-refractivity contribution in [2.75, 3.05) is 13.1 Å². The summed E-state index contributed by atoms with van der Waals surface area (Å²) < 4.78 is 5.85. The largest absolute Gasteiger partial charge is 0.457 e. The molecule has 2 atom stereocenters. The number of quaternary nitrogens is 1. The van der Waals surface area contributed by atoms with Gasteiger partial charge >= 0.3 is 0 Å². The lowest BCUT2D eigenvalue weighted by Gasteiger charge is -2.39. The normalized spacial score (nSPS) is 21.4. The summed E-state index contributed by atoms with van der Waals surface area (Å²) in [5.41, 5.74) is 8.84. The van der Waals surface area contributed by atoms with Crippen LogP contribution < -0.4 is 15.8 Å². The summed E-state index contributed by atoms with van der Waals surface area (Å²) in [6.07, 6.45) is 5.46. The van der Waals surface area contributed by atoms with Gasteiger partial charge in [-0.05, 0) is 54.5 Å². The van der Waals surface area contributed by atoms with E-state index in [1.807, 2.05) is 59.5 Å². The quantitative estimate of drug-likeness (QED) is 0.675. The van der Waals surface area contributed by atoms with Gasteiger partial charge in [0.05, 0.1) is 23.9 Å². The Kier molecular flexibility index (Phi) is 6.24. The summed E-state index contributed by atoms with van der Waals surface area (Å²) >= 11 is 0. The first-order valence-electron chi connectivity index (χ1n) is 10.3. The van der Waals surface area contributed by atoms with Gasteiger partial charge in [-0.15, -0.1) is 0 Å². The van der Waals surface area contributed by atoms with Gasteiger partial charge in [-0.1, -0.05) is 24.8 Å². The number of aliphatic imine (C=N–C) groups is 2. The third kappa shape index (κ3) is 4.73. The Morgan fingerprint density at radius 2 is 1.94 bits per heavy atom. The number of nitrogens with two attached hydrogens (primary N) is 2. The number of likely N-dealkylation sites (tertiary alicyclic amines) is 1. The van der Waals surface area contributed by atoms with E-state index in [4.69, 9.17) is 10.5 Å². The Balaban J connectivity index is 1.44. The van der Waals surface area contributed by atoms with Crippen LogP contribution in [0.25, 0.3) is 5.70 Å². The number of hydrogen-bond donors (Lipinski definition) is 2. The predicted octanol–water partition coefficient (Wildman–Crippen LogP) is 1.94. The summed E-state index contributed by atoms with van der Waals surface area (Å²) in [7, 11) is 0. The van der Waals surface area contributed by atoms with Crippen LogP contribution >= 0.6 is 0 Å². The van der Waals surface area contributed by atoms with Crippen LogP contribution in [0.3, 0.4) is 0 Å². The van der Waals surface area contributed by atoms with Crippen molar-refractivity contribution >= 4 is 24.2 Å². The smallest absolute Gasteiger partial charge is 0.246 e. The molecule has 4 N–H and O–H groups in total. The Bertz CT molecular complexity index is 1030. The van der Waals surface area contributed by atoms with Gasteiger partial charge in [0, 0.05) is 12.8 Å². The summed E-state index contributed by atoms with van der Waals surface area (Å²) in [5, 5.41) is 2.10. The molecule has 0 radical (unpaired) electrons. The highest BCUT2D eigenvalue weighted by atomic mass is 16.5. The van der Waals surface area contributed by atoms with Gasteiger partial charge in [-0.2, -0.15) is 0 Å². The number of ether oxygens (including phenoxy) is 1. The number of amides is 1. The van der Waals surface area contributed by atoms with Crippen LogP contribution in [0.4, 0.5) is 0 Å². The maximum Gasteiger partial charge on any atom is 0.246 e. The minimum Gasteiger partial charge on any atom is -0.457 e. The number of benzene rings is 2. The second kappa shape index (κ2) is 9.40. The van der Waals surface area contributed by atoms with E-state index in [0.717, 1.165) is 42.1 Å². The zero-order chi connectivity index (χ0) is 21.6. The predicted molar refractivity (Wildman–Crippen MR) is 122 cm³/mol. The lowest BCUT2D eigenvalue weighted by Crippen LogP contribution is -2.93. The van der Waals surface area contributed by atoms with E-state index >= 15 is 0 Å². The molecule has 0 aromatic heterocycles. The number of hydrogen-bond acceptors (Lipinski definition) is 5. The van der Waals surface area contributed by atoms with Crippen LogP contribution in [0.5, 0.6) is 11.5 Å². The molecule has 2 aliphatic rings. The van der Waals surface area contributed by atoms with Gasteiger partial charge in [-0.3, -0.25) is 4.79 Å². The summed E-state index contributed by atoms with van der Waals surface area (Å²) in [6.45, 7) is 5.10. The average Bonchev–Trinajstić information content (AvgIpc) is 2.79. The van der Waals surface area contributed by atoms with E-state index in [9.17, 15) is 4.79 Å². The first-order chi connectivity index (χ1) is 15.2. The molecule has 158 valence electrons. The van der Waals surface area contributed by atoms with Crippen molar-refractivity contribution in [2.24, 2.45) is 15.7 Å². The van der Waals surface area contributed by atoms with E-state index in [0.29, 0.717) is 5.70 Å². The maximum absolute atomic E-state index is 11.9. The van der Waals surface area contributed by atoms with Gasteiger partial charge in [0.2, 0.25) is 12.1 Å². The number of rotatable bonds is 7. The average molecular weight is 417 g/mol. The van der Waals surface area contributed by atoms with Crippen molar-refractivity contribution in [1.82, 2.24) is 4.90 Å². The zero-order valence-corrected chi connectivity index (χ0v) is 17.2. The first kappa shape index (κ1) is 20.6. The number of nitrogens with zero attached hydrogens (tertiary/aromatic N) is 3. The van der Waals surface area contributed by atoms with Crippen molar-refractivity contribution < 1.29 is 14.8 Å². The molecular weight excluding hydrogens is 390 g/mol. The molecule has 2 aromatic carbocycles. The molecule has 2 heterocycles. The molecule has 1 fully saturated rings. The number of carbonyl (C=O) groups excluding carboxylic acids is 1. The Morgan fingerprint density at radius 1 is 1.19 bits per heavy atom. The minimum atomic E-state index is -0.195. The second-order valence-corrected chi connectivity index (χ2v) is 7.45. The van der Waals surface area contributed by atoms with E-state index in [2.05, 4.69) is 21.9 Å². The molecule has 7 nitrogen and oxygen atoms in total. The lowest BCUT2D eigenvalue weighted by molar-refractivity contribution is -0.683. The van der Waals surface area contributed by atoms with Gasteiger partial charge in [0.25, 0.3) is 0 Å². The molecule has 0 saturated carbocycles.